The maximum Gasteiger partial charge on any atom is 0.306 e. The van der Waals surface area contributed by atoms with Crippen LogP contribution in [0.1, 0.15) is 92.9 Å². The number of hydrogen-bond acceptors (Lipinski definition) is 2. The highest BCUT2D eigenvalue weighted by Crippen LogP contribution is 2.71. The average Bonchev–Trinajstić information content (AvgIpc) is 2.56. The summed E-state index contributed by atoms with van der Waals surface area (Å²) in [4.78, 5) is 23.8. The first-order valence-corrected chi connectivity index (χ1v) is 11.1. The second-order valence-corrected chi connectivity index (χ2v) is 11.7. The highest BCUT2D eigenvalue weighted by molar-refractivity contribution is 5.69. The number of aliphatic carboxylic acids is 1. The Morgan fingerprint density at radius 2 is 1.63 bits per heavy atom. The number of carboxylic acids is 1. The first-order valence-electron chi connectivity index (χ1n) is 11.1. The molecule has 1 N–H and O–H groups in total. The van der Waals surface area contributed by atoms with Crippen molar-refractivity contribution < 1.29 is 14.7 Å². The van der Waals surface area contributed by atoms with Gasteiger partial charge in [0.15, 0.2) is 0 Å². The summed E-state index contributed by atoms with van der Waals surface area (Å²) in [5.41, 5.74) is 0.395. The summed E-state index contributed by atoms with van der Waals surface area (Å²) in [5.74, 6) is 0.387. The number of fused-ring (bicyclic) bond motifs is 3. The summed E-state index contributed by atoms with van der Waals surface area (Å²) in [5, 5.41) is 9.55. The quantitative estimate of drug-likeness (QED) is 0.616. The Labute approximate surface area is 165 Å². The summed E-state index contributed by atoms with van der Waals surface area (Å²) < 4.78 is 0. The van der Waals surface area contributed by atoms with Crippen molar-refractivity contribution in [3.8, 4) is 0 Å². The Kier molecular flexibility index (Phi) is 5.09. The summed E-state index contributed by atoms with van der Waals surface area (Å²) in [6.07, 6.45) is 10.1. The van der Waals surface area contributed by atoms with Gasteiger partial charge in [0.1, 0.15) is 6.29 Å². The van der Waals surface area contributed by atoms with Crippen LogP contribution in [0.3, 0.4) is 0 Å². The molecule has 0 aromatic carbocycles. The van der Waals surface area contributed by atoms with Gasteiger partial charge in [0.05, 0.1) is 5.92 Å². The van der Waals surface area contributed by atoms with Crippen molar-refractivity contribution in [2.75, 3.05) is 0 Å². The minimum atomic E-state index is -0.729. The minimum absolute atomic E-state index is 0.0658. The SMILES string of the molecule is C[C@@H](C[C@H]1[C@]2(C)CC[C@@H]3C(C)(C)CCC[C@]3(C)[C@@H]2CC[C@]1(C)C=O)C(=O)O. The molecular formula is C24H40O3. The molecule has 0 radical (unpaired) electrons. The summed E-state index contributed by atoms with van der Waals surface area (Å²) in [6.45, 7) is 13.8. The van der Waals surface area contributed by atoms with Gasteiger partial charge in [0.2, 0.25) is 0 Å². The van der Waals surface area contributed by atoms with E-state index in [4.69, 9.17) is 0 Å². The second-order valence-electron chi connectivity index (χ2n) is 11.7. The number of carbonyl (C=O) groups excluding carboxylic acids is 1. The molecule has 0 amide bonds. The molecule has 154 valence electrons. The largest absolute Gasteiger partial charge is 0.481 e. The smallest absolute Gasteiger partial charge is 0.306 e. The number of rotatable bonds is 4. The molecule has 0 bridgehead atoms. The van der Waals surface area contributed by atoms with E-state index in [0.29, 0.717) is 23.2 Å². The second kappa shape index (κ2) is 6.59. The van der Waals surface area contributed by atoms with Crippen molar-refractivity contribution in [2.45, 2.75) is 92.9 Å². The van der Waals surface area contributed by atoms with Gasteiger partial charge in [-0.25, -0.2) is 0 Å². The normalized spacial score (nSPS) is 47.4. The molecule has 3 nitrogen and oxygen atoms in total. The molecule has 3 rings (SSSR count). The Hall–Kier alpha value is -0.860. The van der Waals surface area contributed by atoms with E-state index in [2.05, 4.69) is 34.6 Å². The van der Waals surface area contributed by atoms with Crippen molar-refractivity contribution >= 4 is 12.3 Å². The Balaban J connectivity index is 2.02. The molecule has 27 heavy (non-hydrogen) atoms. The molecule has 0 saturated heterocycles. The molecule has 3 fully saturated rings. The molecule has 0 spiro atoms. The number of hydrogen-bond donors (Lipinski definition) is 1. The molecule has 3 aliphatic rings. The fourth-order valence-corrected chi connectivity index (χ4v) is 8.28. The van der Waals surface area contributed by atoms with Crippen LogP contribution in [0.2, 0.25) is 0 Å². The summed E-state index contributed by atoms with van der Waals surface area (Å²) in [7, 11) is 0. The fourth-order valence-electron chi connectivity index (χ4n) is 8.28. The third kappa shape index (κ3) is 3.08. The van der Waals surface area contributed by atoms with Crippen LogP contribution in [0.25, 0.3) is 0 Å². The van der Waals surface area contributed by atoms with Gasteiger partial charge in [-0.1, -0.05) is 48.0 Å². The first-order chi connectivity index (χ1) is 12.4. The van der Waals surface area contributed by atoms with Gasteiger partial charge in [-0.05, 0) is 78.9 Å². The van der Waals surface area contributed by atoms with Crippen LogP contribution < -0.4 is 0 Å². The van der Waals surface area contributed by atoms with Crippen molar-refractivity contribution in [3.63, 3.8) is 0 Å². The van der Waals surface area contributed by atoms with Crippen molar-refractivity contribution in [1.82, 2.24) is 0 Å². The molecule has 3 heteroatoms. The predicted molar refractivity (Wildman–Crippen MR) is 108 cm³/mol. The van der Waals surface area contributed by atoms with Crippen LogP contribution in [-0.4, -0.2) is 17.4 Å². The Morgan fingerprint density at radius 1 is 1.00 bits per heavy atom. The summed E-state index contributed by atoms with van der Waals surface area (Å²) in [6, 6.07) is 0. The van der Waals surface area contributed by atoms with E-state index in [0.717, 1.165) is 31.5 Å². The van der Waals surface area contributed by atoms with Gasteiger partial charge in [-0.15, -0.1) is 0 Å². The van der Waals surface area contributed by atoms with E-state index < -0.39 is 11.9 Å². The molecule has 3 aliphatic carbocycles. The topological polar surface area (TPSA) is 54.4 Å². The highest BCUT2D eigenvalue weighted by atomic mass is 16.4. The highest BCUT2D eigenvalue weighted by Gasteiger charge is 2.64. The molecule has 0 heterocycles. The van der Waals surface area contributed by atoms with Crippen molar-refractivity contribution in [2.24, 2.45) is 45.3 Å². The van der Waals surface area contributed by atoms with Crippen LogP contribution in [0.15, 0.2) is 0 Å². The zero-order valence-electron chi connectivity index (χ0n) is 18.3. The van der Waals surface area contributed by atoms with E-state index in [9.17, 15) is 14.7 Å². The lowest BCUT2D eigenvalue weighted by Crippen LogP contribution is -2.61. The van der Waals surface area contributed by atoms with E-state index in [1.165, 1.54) is 25.7 Å². The monoisotopic (exact) mass is 376 g/mol. The van der Waals surface area contributed by atoms with Crippen molar-refractivity contribution in [3.05, 3.63) is 0 Å². The van der Waals surface area contributed by atoms with Gasteiger partial charge < -0.3 is 9.90 Å². The van der Waals surface area contributed by atoms with Gasteiger partial charge >= 0.3 is 5.97 Å². The molecule has 0 aliphatic heterocycles. The lowest BCUT2D eigenvalue weighted by Gasteiger charge is -2.68. The Bertz CT molecular complexity index is 611. The zero-order valence-corrected chi connectivity index (χ0v) is 18.3. The number of carboxylic acid groups (broad SMARTS) is 1. The first kappa shape index (κ1) is 20.9. The minimum Gasteiger partial charge on any atom is -0.481 e. The fraction of sp³-hybridized carbons (Fsp3) is 0.917. The molecule has 0 unspecified atom stereocenters. The zero-order chi connectivity index (χ0) is 20.3. The summed E-state index contributed by atoms with van der Waals surface area (Å²) >= 11 is 0. The van der Waals surface area contributed by atoms with Crippen LogP contribution in [0.5, 0.6) is 0 Å². The maximum absolute atomic E-state index is 12.2. The number of carbonyl (C=O) groups is 2. The molecule has 0 aromatic rings. The van der Waals surface area contributed by atoms with Crippen LogP contribution >= 0.6 is 0 Å². The molecular weight excluding hydrogens is 336 g/mol. The van der Waals surface area contributed by atoms with Gasteiger partial charge in [0, 0.05) is 5.41 Å². The van der Waals surface area contributed by atoms with Crippen LogP contribution in [-0.2, 0) is 9.59 Å². The predicted octanol–water partition coefficient (Wildman–Crippen LogP) is 5.96. The Morgan fingerprint density at radius 3 is 2.22 bits per heavy atom. The van der Waals surface area contributed by atoms with Gasteiger partial charge in [0.25, 0.3) is 0 Å². The van der Waals surface area contributed by atoms with Gasteiger partial charge in [-0.2, -0.15) is 0 Å². The van der Waals surface area contributed by atoms with E-state index >= 15 is 0 Å². The van der Waals surface area contributed by atoms with Crippen LogP contribution in [0.4, 0.5) is 0 Å². The molecule has 3 saturated carbocycles. The third-order valence-electron chi connectivity index (χ3n) is 9.68. The van der Waals surface area contributed by atoms with E-state index in [1.54, 1.807) is 0 Å². The standard InChI is InChI=1S/C24H40O3/c1-16(20(26)27)14-19-22(4,15-25)12-8-18-23(5)11-7-10-21(2,3)17(23)9-13-24(18,19)6/h15-19H,7-14H2,1-6H3,(H,26,27)/t16-,17+,18-,19+,22+,23-,24+/m0/s1. The molecule has 0 aromatic heterocycles. The average molecular weight is 377 g/mol. The van der Waals surface area contributed by atoms with Crippen molar-refractivity contribution in [1.29, 1.82) is 0 Å². The van der Waals surface area contributed by atoms with E-state index in [1.807, 2.05) is 6.92 Å². The lowest BCUT2D eigenvalue weighted by atomic mass is 9.37. The maximum atomic E-state index is 12.2. The van der Waals surface area contributed by atoms with Gasteiger partial charge in [-0.3, -0.25) is 4.79 Å². The molecule has 7 atom stereocenters. The number of aldehydes is 1. The van der Waals surface area contributed by atoms with Crippen LogP contribution in [0, 0.1) is 45.3 Å². The van der Waals surface area contributed by atoms with E-state index in [-0.39, 0.29) is 16.7 Å². The lowest BCUT2D eigenvalue weighted by molar-refractivity contribution is -0.193. The third-order valence-corrected chi connectivity index (χ3v) is 9.68.